The minimum atomic E-state index is 0.0303. The van der Waals surface area contributed by atoms with Crippen molar-refractivity contribution in [3.05, 3.63) is 66.5 Å². The van der Waals surface area contributed by atoms with E-state index in [2.05, 4.69) is 38.0 Å². The SMILES string of the molecule is C[C@H](Sc1nnc(Nc2ccccc2)s1)c1nnnn1-c1ccccc1. The van der Waals surface area contributed by atoms with Gasteiger partial charge in [0, 0.05) is 5.69 Å². The molecule has 0 fully saturated rings. The Morgan fingerprint density at radius 3 is 2.46 bits per heavy atom. The van der Waals surface area contributed by atoms with Crippen molar-refractivity contribution < 1.29 is 0 Å². The number of tetrazole rings is 1. The van der Waals surface area contributed by atoms with Crippen LogP contribution >= 0.6 is 23.1 Å². The molecule has 1 N–H and O–H groups in total. The van der Waals surface area contributed by atoms with Crippen molar-refractivity contribution >= 4 is 33.9 Å². The number of thioether (sulfide) groups is 1. The molecule has 0 aliphatic heterocycles. The number of aromatic nitrogens is 6. The van der Waals surface area contributed by atoms with Gasteiger partial charge in [-0.1, -0.05) is 59.5 Å². The van der Waals surface area contributed by atoms with Crippen LogP contribution in [0.15, 0.2) is 65.0 Å². The first-order chi connectivity index (χ1) is 12.8. The molecule has 0 aliphatic rings. The molecule has 0 radical (unpaired) electrons. The van der Waals surface area contributed by atoms with Gasteiger partial charge in [-0.15, -0.1) is 15.3 Å². The van der Waals surface area contributed by atoms with Gasteiger partial charge in [0.25, 0.3) is 0 Å². The second-order valence-electron chi connectivity index (χ2n) is 5.41. The first kappa shape index (κ1) is 16.7. The Kier molecular flexibility index (Phi) is 4.89. The van der Waals surface area contributed by atoms with Crippen molar-refractivity contribution in [2.45, 2.75) is 16.5 Å². The van der Waals surface area contributed by atoms with Crippen molar-refractivity contribution in [1.82, 2.24) is 30.4 Å². The van der Waals surface area contributed by atoms with Crippen molar-refractivity contribution in [2.75, 3.05) is 5.32 Å². The number of rotatable bonds is 6. The molecule has 0 amide bonds. The average Bonchev–Trinajstić information content (AvgIpc) is 3.33. The number of nitrogens with one attached hydrogen (secondary N) is 1. The summed E-state index contributed by atoms with van der Waals surface area (Å²) in [5, 5.41) is 24.6. The van der Waals surface area contributed by atoms with E-state index in [0.29, 0.717) is 0 Å². The van der Waals surface area contributed by atoms with Gasteiger partial charge in [0.15, 0.2) is 10.2 Å². The lowest BCUT2D eigenvalue weighted by Gasteiger charge is -2.09. The molecule has 2 aromatic heterocycles. The number of nitrogens with zero attached hydrogens (tertiary/aromatic N) is 6. The summed E-state index contributed by atoms with van der Waals surface area (Å²) in [4.78, 5) is 0. The van der Waals surface area contributed by atoms with Crippen LogP contribution in [0, 0.1) is 0 Å². The molecule has 7 nitrogen and oxygen atoms in total. The highest BCUT2D eigenvalue weighted by molar-refractivity contribution is 8.01. The van der Waals surface area contributed by atoms with Crippen LogP contribution in [0.3, 0.4) is 0 Å². The molecule has 0 unspecified atom stereocenters. The molecule has 0 saturated carbocycles. The zero-order valence-corrected chi connectivity index (χ0v) is 15.5. The summed E-state index contributed by atoms with van der Waals surface area (Å²) < 4.78 is 2.61. The molecule has 2 heterocycles. The summed E-state index contributed by atoms with van der Waals surface area (Å²) in [6.07, 6.45) is 0. The third-order valence-electron chi connectivity index (χ3n) is 3.57. The highest BCUT2D eigenvalue weighted by atomic mass is 32.2. The molecule has 9 heteroatoms. The lowest BCUT2D eigenvalue weighted by atomic mass is 10.3. The van der Waals surface area contributed by atoms with E-state index in [1.807, 2.05) is 60.7 Å². The van der Waals surface area contributed by atoms with Crippen LogP contribution in [0.5, 0.6) is 0 Å². The molecular formula is C17H15N7S2. The Labute approximate surface area is 158 Å². The summed E-state index contributed by atoms with van der Waals surface area (Å²) in [5.74, 6) is 0.772. The van der Waals surface area contributed by atoms with Crippen LogP contribution in [0.1, 0.15) is 18.0 Å². The monoisotopic (exact) mass is 381 g/mol. The molecule has 4 aromatic rings. The van der Waals surface area contributed by atoms with Crippen LogP contribution in [0.2, 0.25) is 0 Å². The maximum atomic E-state index is 4.26. The maximum absolute atomic E-state index is 4.26. The van der Waals surface area contributed by atoms with Crippen LogP contribution in [0.4, 0.5) is 10.8 Å². The van der Waals surface area contributed by atoms with E-state index < -0.39 is 0 Å². The minimum Gasteiger partial charge on any atom is -0.330 e. The van der Waals surface area contributed by atoms with E-state index in [1.165, 1.54) is 11.3 Å². The molecule has 4 rings (SSSR count). The van der Waals surface area contributed by atoms with Gasteiger partial charge in [0.1, 0.15) is 0 Å². The van der Waals surface area contributed by atoms with E-state index in [1.54, 1.807) is 16.4 Å². The predicted octanol–water partition coefficient (Wildman–Crippen LogP) is 4.11. The van der Waals surface area contributed by atoms with E-state index in [0.717, 1.165) is 26.7 Å². The predicted molar refractivity (Wildman–Crippen MR) is 103 cm³/mol. The van der Waals surface area contributed by atoms with Crippen LogP contribution in [-0.4, -0.2) is 30.4 Å². The average molecular weight is 381 g/mol. The first-order valence-electron chi connectivity index (χ1n) is 7.95. The molecule has 130 valence electrons. The maximum Gasteiger partial charge on any atom is 0.210 e. The third-order valence-corrected chi connectivity index (χ3v) is 5.59. The lowest BCUT2D eigenvalue weighted by molar-refractivity contribution is 0.762. The standard InChI is InChI=1S/C17H15N7S2/c1-12(15-19-22-23-24(15)14-10-6-3-7-11-14)25-17-21-20-16(26-17)18-13-8-4-2-5-9-13/h2-12H,1H3,(H,18,20)/t12-/m0/s1. The van der Waals surface area contributed by atoms with Crippen molar-refractivity contribution in [3.8, 4) is 5.69 Å². The molecule has 1 atom stereocenters. The summed E-state index contributed by atoms with van der Waals surface area (Å²) in [6, 6.07) is 19.8. The fourth-order valence-electron chi connectivity index (χ4n) is 2.36. The number of benzene rings is 2. The van der Waals surface area contributed by atoms with Gasteiger partial charge >= 0.3 is 0 Å². The van der Waals surface area contributed by atoms with Crippen LogP contribution < -0.4 is 5.32 Å². The highest BCUT2D eigenvalue weighted by Crippen LogP contribution is 2.37. The Morgan fingerprint density at radius 1 is 0.962 bits per heavy atom. The second-order valence-corrected chi connectivity index (χ2v) is 7.97. The van der Waals surface area contributed by atoms with Gasteiger partial charge in [-0.25, -0.2) is 0 Å². The van der Waals surface area contributed by atoms with Gasteiger partial charge in [-0.3, -0.25) is 0 Å². The van der Waals surface area contributed by atoms with Gasteiger partial charge in [-0.05, 0) is 41.6 Å². The van der Waals surface area contributed by atoms with Gasteiger partial charge in [0.2, 0.25) is 5.13 Å². The Bertz CT molecular complexity index is 969. The third kappa shape index (κ3) is 3.73. The van der Waals surface area contributed by atoms with Crippen LogP contribution in [-0.2, 0) is 0 Å². The Morgan fingerprint density at radius 2 is 1.69 bits per heavy atom. The second kappa shape index (κ2) is 7.63. The zero-order chi connectivity index (χ0) is 17.8. The quantitative estimate of drug-likeness (QED) is 0.503. The molecular weight excluding hydrogens is 366 g/mol. The molecule has 0 spiro atoms. The Hall–Kier alpha value is -2.78. The van der Waals surface area contributed by atoms with Crippen molar-refractivity contribution in [3.63, 3.8) is 0 Å². The summed E-state index contributed by atoms with van der Waals surface area (Å²) in [7, 11) is 0. The fourth-order valence-corrected chi connectivity index (χ4v) is 4.36. The molecule has 0 saturated heterocycles. The van der Waals surface area contributed by atoms with Crippen molar-refractivity contribution in [2.24, 2.45) is 0 Å². The summed E-state index contributed by atoms with van der Waals surface area (Å²) >= 11 is 3.09. The minimum absolute atomic E-state index is 0.0303. The number of hydrogen-bond acceptors (Lipinski definition) is 8. The van der Waals surface area contributed by atoms with Crippen LogP contribution in [0.25, 0.3) is 5.69 Å². The summed E-state index contributed by atoms with van der Waals surface area (Å²) in [5.41, 5.74) is 1.92. The lowest BCUT2D eigenvalue weighted by Crippen LogP contribution is -2.04. The van der Waals surface area contributed by atoms with E-state index in [4.69, 9.17) is 0 Å². The number of hydrogen-bond donors (Lipinski definition) is 1. The van der Waals surface area contributed by atoms with E-state index in [-0.39, 0.29) is 5.25 Å². The largest absolute Gasteiger partial charge is 0.330 e. The topological polar surface area (TPSA) is 81.4 Å². The van der Waals surface area contributed by atoms with Gasteiger partial charge < -0.3 is 5.32 Å². The molecule has 0 aliphatic carbocycles. The fraction of sp³-hybridized carbons (Fsp3) is 0.118. The van der Waals surface area contributed by atoms with Gasteiger partial charge in [-0.2, -0.15) is 4.68 Å². The smallest absolute Gasteiger partial charge is 0.210 e. The number of anilines is 2. The van der Waals surface area contributed by atoms with E-state index >= 15 is 0 Å². The summed E-state index contributed by atoms with van der Waals surface area (Å²) in [6.45, 7) is 2.06. The first-order valence-corrected chi connectivity index (χ1v) is 9.65. The Balaban J connectivity index is 1.48. The molecule has 26 heavy (non-hydrogen) atoms. The van der Waals surface area contributed by atoms with Crippen molar-refractivity contribution in [1.29, 1.82) is 0 Å². The number of para-hydroxylation sites is 2. The molecule has 2 aromatic carbocycles. The zero-order valence-electron chi connectivity index (χ0n) is 13.9. The molecule has 0 bridgehead atoms. The highest BCUT2D eigenvalue weighted by Gasteiger charge is 2.19. The van der Waals surface area contributed by atoms with Gasteiger partial charge in [0.05, 0.1) is 10.9 Å². The van der Waals surface area contributed by atoms with E-state index in [9.17, 15) is 0 Å². The normalized spacial score (nSPS) is 12.0.